The van der Waals surface area contributed by atoms with Gasteiger partial charge in [0.1, 0.15) is 5.82 Å². The van der Waals surface area contributed by atoms with Crippen molar-refractivity contribution in [3.8, 4) is 0 Å². The van der Waals surface area contributed by atoms with Crippen molar-refractivity contribution < 1.29 is 9.18 Å². The Kier molecular flexibility index (Phi) is 3.27. The van der Waals surface area contributed by atoms with Crippen LogP contribution in [0.15, 0.2) is 12.1 Å². The summed E-state index contributed by atoms with van der Waals surface area (Å²) in [6.45, 7) is 0. The molecule has 0 atom stereocenters. The van der Waals surface area contributed by atoms with Gasteiger partial charge in [-0.1, -0.05) is 27.5 Å². The van der Waals surface area contributed by atoms with E-state index in [1.165, 1.54) is 6.07 Å². The van der Waals surface area contributed by atoms with E-state index < -0.39 is 5.82 Å². The predicted octanol–water partition coefficient (Wildman–Crippen LogP) is 2.64. The van der Waals surface area contributed by atoms with Crippen LogP contribution in [0, 0.1) is 5.82 Å². The first-order valence-electron chi connectivity index (χ1n) is 3.40. The third-order valence-electron chi connectivity index (χ3n) is 1.47. The first-order chi connectivity index (χ1) is 6.06. The molecule has 0 amide bonds. The Morgan fingerprint density at radius 1 is 1.62 bits per heavy atom. The van der Waals surface area contributed by atoms with Crippen molar-refractivity contribution in [2.45, 2.75) is 0 Å². The molecule has 2 N–H and O–H groups in total. The van der Waals surface area contributed by atoms with Crippen molar-refractivity contribution in [2.24, 2.45) is 0 Å². The average molecular weight is 266 g/mol. The first kappa shape index (κ1) is 10.5. The number of benzene rings is 1. The monoisotopic (exact) mass is 265 g/mol. The summed E-state index contributed by atoms with van der Waals surface area (Å²) in [5.74, 6) is -0.970. The molecular weight excluding hydrogens is 260 g/mol. The van der Waals surface area contributed by atoms with Crippen molar-refractivity contribution in [2.75, 3.05) is 11.1 Å². The highest BCUT2D eigenvalue weighted by molar-refractivity contribution is 9.09. The Balaban J connectivity index is 3.28. The molecule has 0 aliphatic heterocycles. The third kappa shape index (κ3) is 2.19. The summed E-state index contributed by atoms with van der Waals surface area (Å²) in [4.78, 5) is 11.2. The molecule has 0 spiro atoms. The summed E-state index contributed by atoms with van der Waals surface area (Å²) < 4.78 is 13.0. The minimum absolute atomic E-state index is 0.0929. The van der Waals surface area contributed by atoms with Gasteiger partial charge in [-0.15, -0.1) is 0 Å². The average Bonchev–Trinajstić information content (AvgIpc) is 2.10. The summed E-state index contributed by atoms with van der Waals surface area (Å²) >= 11 is 8.53. The number of halogens is 3. The van der Waals surface area contributed by atoms with Crippen LogP contribution < -0.4 is 5.73 Å². The molecule has 5 heteroatoms. The zero-order valence-electron chi connectivity index (χ0n) is 6.48. The zero-order valence-corrected chi connectivity index (χ0v) is 8.82. The van der Waals surface area contributed by atoms with Gasteiger partial charge in [-0.05, 0) is 12.1 Å². The van der Waals surface area contributed by atoms with E-state index in [1.54, 1.807) is 0 Å². The second kappa shape index (κ2) is 4.07. The molecule has 0 aromatic heterocycles. The molecule has 0 fully saturated rings. The van der Waals surface area contributed by atoms with Crippen molar-refractivity contribution >= 4 is 39.0 Å². The zero-order chi connectivity index (χ0) is 10.0. The lowest BCUT2D eigenvalue weighted by Crippen LogP contribution is -2.03. The maximum Gasteiger partial charge on any atom is 0.175 e. The second-order valence-corrected chi connectivity index (χ2v) is 3.36. The molecule has 70 valence electrons. The lowest BCUT2D eigenvalue weighted by molar-refractivity contribution is 0.102. The number of hydrogen-bond donors (Lipinski definition) is 1. The highest BCUT2D eigenvalue weighted by Gasteiger charge is 2.13. The SMILES string of the molecule is Nc1cc(F)c(Cl)c(C(=O)CBr)c1. The Hall–Kier alpha value is -0.610. The van der Waals surface area contributed by atoms with Crippen LogP contribution in [0.25, 0.3) is 0 Å². The van der Waals surface area contributed by atoms with Gasteiger partial charge >= 0.3 is 0 Å². The van der Waals surface area contributed by atoms with Crippen molar-refractivity contribution in [3.05, 3.63) is 28.5 Å². The van der Waals surface area contributed by atoms with Gasteiger partial charge in [0, 0.05) is 11.3 Å². The number of Topliss-reactive ketones (excluding diaryl/α,β-unsaturated/α-hetero) is 1. The van der Waals surface area contributed by atoms with E-state index in [-0.39, 0.29) is 27.4 Å². The number of carbonyl (C=O) groups excluding carboxylic acids is 1. The molecule has 0 radical (unpaired) electrons. The van der Waals surface area contributed by atoms with Crippen molar-refractivity contribution in [1.29, 1.82) is 0 Å². The summed E-state index contributed by atoms with van der Waals surface area (Å²) in [6.07, 6.45) is 0. The van der Waals surface area contributed by atoms with Crippen LogP contribution >= 0.6 is 27.5 Å². The van der Waals surface area contributed by atoms with Gasteiger partial charge in [0.15, 0.2) is 5.78 Å². The molecule has 0 unspecified atom stereocenters. The number of ketones is 1. The van der Waals surface area contributed by atoms with E-state index in [1.807, 2.05) is 0 Å². The van der Waals surface area contributed by atoms with Crippen LogP contribution in [0.1, 0.15) is 10.4 Å². The minimum Gasteiger partial charge on any atom is -0.399 e. The summed E-state index contributed by atoms with van der Waals surface area (Å²) in [6, 6.07) is 2.43. The number of nitrogen functional groups attached to an aromatic ring is 1. The molecule has 0 saturated heterocycles. The Morgan fingerprint density at radius 2 is 2.23 bits per heavy atom. The van der Waals surface area contributed by atoms with Crippen LogP contribution in [0.4, 0.5) is 10.1 Å². The van der Waals surface area contributed by atoms with E-state index >= 15 is 0 Å². The summed E-state index contributed by atoms with van der Waals surface area (Å²) in [5.41, 5.74) is 5.65. The van der Waals surface area contributed by atoms with E-state index in [0.29, 0.717) is 0 Å². The lowest BCUT2D eigenvalue weighted by Gasteiger charge is -2.03. The molecule has 1 rings (SSSR count). The van der Waals surface area contributed by atoms with E-state index in [4.69, 9.17) is 17.3 Å². The molecule has 0 saturated carbocycles. The number of nitrogens with two attached hydrogens (primary N) is 1. The number of anilines is 1. The molecule has 0 aliphatic rings. The number of alkyl halides is 1. The summed E-state index contributed by atoms with van der Waals surface area (Å²) in [5, 5.41) is -0.0889. The Bertz CT molecular complexity index is 356. The van der Waals surface area contributed by atoms with Crippen LogP contribution in [-0.2, 0) is 0 Å². The van der Waals surface area contributed by atoms with Gasteiger partial charge in [0.25, 0.3) is 0 Å². The fraction of sp³-hybridized carbons (Fsp3) is 0.125. The van der Waals surface area contributed by atoms with Gasteiger partial charge in [-0.3, -0.25) is 4.79 Å². The van der Waals surface area contributed by atoms with Gasteiger partial charge < -0.3 is 5.73 Å². The summed E-state index contributed by atoms with van der Waals surface area (Å²) in [7, 11) is 0. The molecule has 2 nitrogen and oxygen atoms in total. The number of hydrogen-bond acceptors (Lipinski definition) is 2. The molecule has 0 aliphatic carbocycles. The molecule has 0 heterocycles. The van der Waals surface area contributed by atoms with Gasteiger partial charge in [0.2, 0.25) is 0 Å². The number of rotatable bonds is 2. The fourth-order valence-electron chi connectivity index (χ4n) is 0.885. The lowest BCUT2D eigenvalue weighted by atomic mass is 10.1. The van der Waals surface area contributed by atoms with E-state index in [0.717, 1.165) is 6.07 Å². The van der Waals surface area contributed by atoms with E-state index in [2.05, 4.69) is 15.9 Å². The van der Waals surface area contributed by atoms with Crippen LogP contribution in [0.3, 0.4) is 0 Å². The minimum atomic E-state index is -0.675. The van der Waals surface area contributed by atoms with E-state index in [9.17, 15) is 9.18 Å². The van der Waals surface area contributed by atoms with Crippen molar-refractivity contribution in [3.63, 3.8) is 0 Å². The standard InChI is InChI=1S/C8H6BrClFNO/c9-3-7(13)5-1-4(12)2-6(11)8(5)10/h1-2H,3,12H2. The number of carbonyl (C=O) groups is 1. The molecular formula is C8H6BrClFNO. The first-order valence-corrected chi connectivity index (χ1v) is 4.90. The maximum atomic E-state index is 13.0. The smallest absolute Gasteiger partial charge is 0.175 e. The molecule has 13 heavy (non-hydrogen) atoms. The highest BCUT2D eigenvalue weighted by atomic mass is 79.9. The topological polar surface area (TPSA) is 43.1 Å². The Morgan fingerprint density at radius 3 is 2.77 bits per heavy atom. The quantitative estimate of drug-likeness (QED) is 0.508. The Labute approximate surface area is 88.0 Å². The van der Waals surface area contributed by atoms with Gasteiger partial charge in [-0.25, -0.2) is 4.39 Å². The maximum absolute atomic E-state index is 13.0. The van der Waals surface area contributed by atoms with Crippen LogP contribution in [-0.4, -0.2) is 11.1 Å². The molecule has 1 aromatic rings. The molecule has 0 bridgehead atoms. The van der Waals surface area contributed by atoms with Gasteiger partial charge in [0.05, 0.1) is 10.4 Å². The molecule has 1 aromatic carbocycles. The van der Waals surface area contributed by atoms with Crippen molar-refractivity contribution in [1.82, 2.24) is 0 Å². The largest absolute Gasteiger partial charge is 0.399 e. The highest BCUT2D eigenvalue weighted by Crippen LogP contribution is 2.23. The second-order valence-electron chi connectivity index (χ2n) is 2.42. The third-order valence-corrected chi connectivity index (χ3v) is 2.37. The van der Waals surface area contributed by atoms with Crippen LogP contribution in [0.5, 0.6) is 0 Å². The van der Waals surface area contributed by atoms with Crippen LogP contribution in [0.2, 0.25) is 5.02 Å². The predicted molar refractivity (Wildman–Crippen MR) is 53.9 cm³/mol. The normalized spacial score (nSPS) is 10.1. The fourth-order valence-corrected chi connectivity index (χ4v) is 1.40. The van der Waals surface area contributed by atoms with Gasteiger partial charge in [-0.2, -0.15) is 0 Å².